The van der Waals surface area contributed by atoms with E-state index < -0.39 is 21.8 Å². The predicted molar refractivity (Wildman–Crippen MR) is 117 cm³/mol. The van der Waals surface area contributed by atoms with Crippen molar-refractivity contribution in [3.05, 3.63) is 53.2 Å². The van der Waals surface area contributed by atoms with Gasteiger partial charge in [-0.2, -0.15) is 4.31 Å². The molecule has 1 aromatic carbocycles. The van der Waals surface area contributed by atoms with Crippen molar-refractivity contribution in [3.8, 4) is 0 Å². The Morgan fingerprint density at radius 3 is 2.45 bits per heavy atom. The van der Waals surface area contributed by atoms with Crippen LogP contribution < -0.4 is 10.6 Å². The molecular formula is C21H26FN3O4S2. The van der Waals surface area contributed by atoms with Gasteiger partial charge in [0.25, 0.3) is 10.0 Å². The third-order valence-corrected chi connectivity index (χ3v) is 8.54. The van der Waals surface area contributed by atoms with E-state index in [1.165, 1.54) is 27.8 Å². The van der Waals surface area contributed by atoms with Crippen molar-refractivity contribution in [1.82, 2.24) is 14.9 Å². The Morgan fingerprint density at radius 1 is 1.06 bits per heavy atom. The van der Waals surface area contributed by atoms with Gasteiger partial charge in [-0.1, -0.05) is 24.6 Å². The van der Waals surface area contributed by atoms with Crippen LogP contribution >= 0.6 is 11.3 Å². The van der Waals surface area contributed by atoms with Crippen molar-refractivity contribution < 1.29 is 22.4 Å². The van der Waals surface area contributed by atoms with Crippen LogP contribution in [-0.2, 0) is 26.0 Å². The molecule has 0 bridgehead atoms. The molecule has 168 valence electrons. The zero-order valence-electron chi connectivity index (χ0n) is 17.1. The first-order valence-electron chi connectivity index (χ1n) is 10.2. The second-order valence-electron chi connectivity index (χ2n) is 7.37. The van der Waals surface area contributed by atoms with Crippen LogP contribution in [0.4, 0.5) is 4.39 Å². The van der Waals surface area contributed by atoms with Gasteiger partial charge in [0, 0.05) is 25.7 Å². The van der Waals surface area contributed by atoms with Gasteiger partial charge < -0.3 is 10.6 Å². The number of thiophene rings is 1. The predicted octanol–water partition coefficient (Wildman–Crippen LogP) is 2.30. The number of hydrogen-bond acceptors (Lipinski definition) is 5. The van der Waals surface area contributed by atoms with Gasteiger partial charge in [-0.3, -0.25) is 9.59 Å². The molecule has 0 aliphatic carbocycles. The molecule has 2 N–H and O–H groups in total. The van der Waals surface area contributed by atoms with Crippen LogP contribution in [0.5, 0.6) is 0 Å². The van der Waals surface area contributed by atoms with Gasteiger partial charge in [0.1, 0.15) is 10.0 Å². The molecule has 0 spiro atoms. The van der Waals surface area contributed by atoms with Crippen LogP contribution in [0.2, 0.25) is 0 Å². The Labute approximate surface area is 185 Å². The van der Waals surface area contributed by atoms with Crippen molar-refractivity contribution >= 4 is 33.2 Å². The van der Waals surface area contributed by atoms with E-state index >= 15 is 0 Å². The summed E-state index contributed by atoms with van der Waals surface area (Å²) in [6.07, 6.45) is 3.39. The molecular weight excluding hydrogens is 441 g/mol. The molecule has 2 heterocycles. The Balaban J connectivity index is 1.44. The molecule has 10 heteroatoms. The number of hydrogen-bond donors (Lipinski definition) is 2. The maximum absolute atomic E-state index is 12.9. The quantitative estimate of drug-likeness (QED) is 0.583. The maximum Gasteiger partial charge on any atom is 0.309 e. The fourth-order valence-electron chi connectivity index (χ4n) is 3.59. The van der Waals surface area contributed by atoms with Crippen molar-refractivity contribution in [3.63, 3.8) is 0 Å². The normalized spacial score (nSPS) is 17.3. The molecule has 0 radical (unpaired) electrons. The van der Waals surface area contributed by atoms with Gasteiger partial charge >= 0.3 is 11.8 Å². The van der Waals surface area contributed by atoms with Crippen LogP contribution in [0, 0.1) is 5.82 Å². The third-order valence-electron chi connectivity index (χ3n) is 5.21. The number of benzene rings is 1. The number of sulfonamides is 1. The van der Waals surface area contributed by atoms with Crippen molar-refractivity contribution in [2.24, 2.45) is 0 Å². The van der Waals surface area contributed by atoms with E-state index in [-0.39, 0.29) is 24.9 Å². The molecule has 7 nitrogen and oxygen atoms in total. The highest BCUT2D eigenvalue weighted by atomic mass is 32.2. The summed E-state index contributed by atoms with van der Waals surface area (Å²) in [5, 5.41) is 6.85. The van der Waals surface area contributed by atoms with Crippen LogP contribution in [-0.4, -0.2) is 50.2 Å². The zero-order chi connectivity index (χ0) is 22.3. The summed E-state index contributed by atoms with van der Waals surface area (Å²) in [4.78, 5) is 24.0. The molecule has 1 atom stereocenters. The first-order valence-corrected chi connectivity index (χ1v) is 12.6. The van der Waals surface area contributed by atoms with Crippen LogP contribution in [0.3, 0.4) is 0 Å². The average Bonchev–Trinajstić information content (AvgIpc) is 3.31. The average molecular weight is 468 g/mol. The van der Waals surface area contributed by atoms with E-state index in [0.717, 1.165) is 24.8 Å². The fourth-order valence-corrected chi connectivity index (χ4v) is 6.43. The summed E-state index contributed by atoms with van der Waals surface area (Å²) < 4.78 is 40.5. The number of rotatable bonds is 8. The minimum absolute atomic E-state index is 0.206. The minimum atomic E-state index is -3.54. The molecule has 3 rings (SSSR count). The second-order valence-corrected chi connectivity index (χ2v) is 10.4. The lowest BCUT2D eigenvalue weighted by molar-refractivity contribution is -0.139. The summed E-state index contributed by atoms with van der Waals surface area (Å²) in [6, 6.07) is 9.05. The summed E-state index contributed by atoms with van der Waals surface area (Å²) in [6.45, 7) is 0.932. The van der Waals surface area contributed by atoms with Gasteiger partial charge in [0.05, 0.1) is 0 Å². The van der Waals surface area contributed by atoms with Gasteiger partial charge in [0.2, 0.25) is 0 Å². The zero-order valence-corrected chi connectivity index (χ0v) is 18.7. The first-order chi connectivity index (χ1) is 14.9. The van der Waals surface area contributed by atoms with Gasteiger partial charge in [-0.05, 0) is 54.8 Å². The highest BCUT2D eigenvalue weighted by molar-refractivity contribution is 7.91. The minimum Gasteiger partial charge on any atom is -0.348 e. The van der Waals surface area contributed by atoms with Crippen molar-refractivity contribution in [1.29, 1.82) is 0 Å². The topological polar surface area (TPSA) is 95.6 Å². The van der Waals surface area contributed by atoms with E-state index in [1.54, 1.807) is 29.6 Å². The Bertz CT molecular complexity index is 979. The number of carbonyl (C=O) groups is 2. The number of nitrogens with one attached hydrogen (secondary N) is 2. The Hall–Kier alpha value is -2.30. The van der Waals surface area contributed by atoms with E-state index in [9.17, 15) is 22.4 Å². The van der Waals surface area contributed by atoms with Crippen LogP contribution in [0.25, 0.3) is 0 Å². The largest absolute Gasteiger partial charge is 0.348 e. The molecule has 1 aliphatic heterocycles. The number of nitrogens with zero attached hydrogens (tertiary/aromatic N) is 1. The van der Waals surface area contributed by atoms with E-state index in [1.807, 2.05) is 0 Å². The molecule has 1 aliphatic rings. The maximum atomic E-state index is 12.9. The molecule has 2 amide bonds. The van der Waals surface area contributed by atoms with Gasteiger partial charge in [-0.25, -0.2) is 12.8 Å². The smallest absolute Gasteiger partial charge is 0.309 e. The van der Waals surface area contributed by atoms with Gasteiger partial charge in [0.15, 0.2) is 0 Å². The Kier molecular flexibility index (Phi) is 8.16. The fraction of sp³-hybridized carbons (Fsp3) is 0.429. The summed E-state index contributed by atoms with van der Waals surface area (Å²) in [7, 11) is -3.54. The lowest BCUT2D eigenvalue weighted by atomic mass is 10.0. The van der Waals surface area contributed by atoms with Crippen LogP contribution in [0.15, 0.2) is 46.0 Å². The SMILES string of the molecule is O=C(NCCc1ccc(F)cc1)C(=O)NCC[C@H]1CCCCN1S(=O)(=O)c1cccs1. The molecule has 1 fully saturated rings. The molecule has 0 saturated carbocycles. The van der Waals surface area contributed by atoms with E-state index in [4.69, 9.17) is 0 Å². The number of carbonyl (C=O) groups excluding carboxylic acids is 2. The summed E-state index contributed by atoms with van der Waals surface area (Å²) in [5.74, 6) is -1.82. The van der Waals surface area contributed by atoms with Crippen LogP contribution in [0.1, 0.15) is 31.2 Å². The van der Waals surface area contributed by atoms with E-state index in [2.05, 4.69) is 10.6 Å². The molecule has 2 aromatic rings. The molecule has 1 saturated heterocycles. The molecule has 31 heavy (non-hydrogen) atoms. The monoisotopic (exact) mass is 467 g/mol. The van der Waals surface area contributed by atoms with Gasteiger partial charge in [-0.15, -0.1) is 11.3 Å². The summed E-state index contributed by atoms with van der Waals surface area (Å²) in [5.41, 5.74) is 0.853. The van der Waals surface area contributed by atoms with Crippen molar-refractivity contribution in [2.75, 3.05) is 19.6 Å². The summed E-state index contributed by atoms with van der Waals surface area (Å²) >= 11 is 1.19. The molecule has 0 unspecified atom stereocenters. The number of piperidine rings is 1. The lowest BCUT2D eigenvalue weighted by Gasteiger charge is -2.34. The number of amides is 2. The standard InChI is InChI=1S/C21H26FN3O4S2/c22-17-8-6-16(7-9-17)10-12-23-20(26)21(27)24-13-11-18-4-1-2-14-25(18)31(28,29)19-5-3-15-30-19/h3,5-9,15,18H,1-2,4,10-14H2,(H,23,26)(H,24,27)/t18-/m1/s1. The lowest BCUT2D eigenvalue weighted by Crippen LogP contribution is -2.46. The highest BCUT2D eigenvalue weighted by Crippen LogP contribution is 2.28. The van der Waals surface area contributed by atoms with Crippen molar-refractivity contribution in [2.45, 2.75) is 42.4 Å². The van der Waals surface area contributed by atoms with E-state index in [0.29, 0.717) is 23.6 Å². The molecule has 1 aromatic heterocycles. The second kappa shape index (κ2) is 10.8. The first kappa shape index (κ1) is 23.4. The third kappa shape index (κ3) is 6.34. The Morgan fingerprint density at radius 2 is 1.77 bits per heavy atom. The number of halogens is 1. The highest BCUT2D eigenvalue weighted by Gasteiger charge is 2.33.